The molecule has 0 unspecified atom stereocenters. The zero-order valence-electron chi connectivity index (χ0n) is 18.5. The van der Waals surface area contributed by atoms with Gasteiger partial charge in [0.25, 0.3) is 5.91 Å². The van der Waals surface area contributed by atoms with E-state index in [9.17, 15) is 22.8 Å². The molecule has 1 fully saturated rings. The Morgan fingerprint density at radius 1 is 1.09 bits per heavy atom. The molecule has 0 spiro atoms. The lowest BCUT2D eigenvalue weighted by Crippen LogP contribution is -2.31. The highest BCUT2D eigenvalue weighted by Gasteiger charge is 2.31. The average molecular weight is 510 g/mol. The molecule has 3 heterocycles. The summed E-state index contributed by atoms with van der Waals surface area (Å²) in [6.07, 6.45) is 2.91. The number of nitrogens with zero attached hydrogens (tertiary/aromatic N) is 3. The van der Waals surface area contributed by atoms with Crippen molar-refractivity contribution in [3.05, 3.63) is 72.2 Å². The number of carbonyl (C=O) groups excluding carboxylic acids is 3. The van der Waals surface area contributed by atoms with E-state index in [1.165, 1.54) is 40.7 Å². The van der Waals surface area contributed by atoms with Crippen molar-refractivity contribution >= 4 is 59.9 Å². The van der Waals surface area contributed by atoms with Crippen LogP contribution in [0.4, 0.5) is 10.8 Å². The largest absolute Gasteiger partial charge is 0.467 e. The van der Waals surface area contributed by atoms with E-state index in [1.807, 2.05) is 0 Å². The van der Waals surface area contributed by atoms with Crippen LogP contribution in [0.3, 0.4) is 0 Å². The Balaban J connectivity index is 1.55. The van der Waals surface area contributed by atoms with Gasteiger partial charge in [0.15, 0.2) is 15.0 Å². The summed E-state index contributed by atoms with van der Waals surface area (Å²) in [7, 11) is -3.40. The number of imide groups is 1. The Hall–Kier alpha value is -3.83. The molecule has 0 radical (unpaired) electrons. The van der Waals surface area contributed by atoms with E-state index in [4.69, 9.17) is 4.42 Å². The number of benzene rings is 2. The molecule has 0 saturated carbocycles. The van der Waals surface area contributed by atoms with E-state index in [0.717, 1.165) is 11.2 Å². The van der Waals surface area contributed by atoms with Crippen molar-refractivity contribution in [1.29, 1.82) is 0 Å². The van der Waals surface area contributed by atoms with E-state index < -0.39 is 15.7 Å². The fourth-order valence-electron chi connectivity index (χ4n) is 3.82. The first-order chi connectivity index (χ1) is 16.7. The maximum absolute atomic E-state index is 13.7. The molecule has 178 valence electrons. The van der Waals surface area contributed by atoms with Crippen molar-refractivity contribution in [1.82, 2.24) is 4.98 Å². The molecule has 5 rings (SSSR count). The number of fused-ring (bicyclic) bond motifs is 1. The molecule has 11 heteroatoms. The standard InChI is InChI=1S/C24H19N3O6S2/c1-35(31,32)18-7-8-19-20(13-18)34-24(25-19)26(14-17-6-3-11-33-17)23(30)15-4-2-5-16(12-15)27-21(28)9-10-22(27)29/h2-8,11-13H,9-10,14H2,1H3. The van der Waals surface area contributed by atoms with Gasteiger partial charge in [-0.25, -0.2) is 13.4 Å². The summed E-state index contributed by atoms with van der Waals surface area (Å²) in [4.78, 5) is 45.3. The monoisotopic (exact) mass is 509 g/mol. The van der Waals surface area contributed by atoms with E-state index in [-0.39, 0.29) is 41.7 Å². The van der Waals surface area contributed by atoms with Gasteiger partial charge in [-0.1, -0.05) is 17.4 Å². The second-order valence-corrected chi connectivity index (χ2v) is 11.1. The topological polar surface area (TPSA) is 118 Å². The van der Waals surface area contributed by atoms with Crippen LogP contribution < -0.4 is 9.80 Å². The highest BCUT2D eigenvalue weighted by atomic mass is 32.2. The summed E-state index contributed by atoms with van der Waals surface area (Å²) < 4.78 is 30.0. The van der Waals surface area contributed by atoms with Crippen LogP contribution >= 0.6 is 11.3 Å². The molecule has 0 bridgehead atoms. The Bertz CT molecular complexity index is 1560. The van der Waals surface area contributed by atoms with Gasteiger partial charge in [-0.15, -0.1) is 0 Å². The van der Waals surface area contributed by atoms with Crippen LogP contribution in [0.15, 0.2) is 70.2 Å². The molecule has 3 amide bonds. The number of anilines is 2. The number of hydrogen-bond acceptors (Lipinski definition) is 8. The van der Waals surface area contributed by atoms with Crippen LogP contribution in [0.25, 0.3) is 10.2 Å². The minimum absolute atomic E-state index is 0.0798. The van der Waals surface area contributed by atoms with E-state index in [1.54, 1.807) is 36.4 Å². The lowest BCUT2D eigenvalue weighted by molar-refractivity contribution is -0.121. The number of furan rings is 1. The Morgan fingerprint density at radius 3 is 2.54 bits per heavy atom. The van der Waals surface area contributed by atoms with E-state index in [0.29, 0.717) is 26.8 Å². The summed E-state index contributed by atoms with van der Waals surface area (Å²) in [5, 5.41) is 0.353. The SMILES string of the molecule is CS(=O)(=O)c1ccc2nc(N(Cc3ccco3)C(=O)c3cccc(N4C(=O)CCC4=O)c3)sc2c1. The molecule has 4 aromatic rings. The molecule has 9 nitrogen and oxygen atoms in total. The predicted molar refractivity (Wildman–Crippen MR) is 130 cm³/mol. The third-order valence-electron chi connectivity index (χ3n) is 5.55. The number of aromatic nitrogens is 1. The lowest BCUT2D eigenvalue weighted by Gasteiger charge is -2.20. The summed E-state index contributed by atoms with van der Waals surface area (Å²) in [6.45, 7) is 0.0798. The highest BCUT2D eigenvalue weighted by Crippen LogP contribution is 2.33. The number of carbonyl (C=O) groups is 3. The van der Waals surface area contributed by atoms with Crippen molar-refractivity contribution in [3.8, 4) is 0 Å². The number of sulfone groups is 1. The van der Waals surface area contributed by atoms with Gasteiger partial charge in [-0.3, -0.25) is 24.2 Å². The van der Waals surface area contributed by atoms with Gasteiger partial charge in [-0.05, 0) is 48.5 Å². The molecule has 1 saturated heterocycles. The quantitative estimate of drug-likeness (QED) is 0.363. The van der Waals surface area contributed by atoms with Gasteiger partial charge in [0, 0.05) is 24.7 Å². The van der Waals surface area contributed by atoms with Gasteiger partial charge < -0.3 is 4.42 Å². The van der Waals surface area contributed by atoms with Gasteiger partial charge in [0.2, 0.25) is 11.8 Å². The number of thiazole rings is 1. The third-order valence-corrected chi connectivity index (χ3v) is 7.70. The molecule has 0 aliphatic carbocycles. The summed E-state index contributed by atoms with van der Waals surface area (Å²) in [5.74, 6) is -0.500. The Kier molecular flexibility index (Phi) is 5.73. The van der Waals surface area contributed by atoms with Crippen molar-refractivity contribution in [2.75, 3.05) is 16.1 Å². The van der Waals surface area contributed by atoms with E-state index in [2.05, 4.69) is 4.98 Å². The van der Waals surface area contributed by atoms with Crippen LogP contribution in [0.5, 0.6) is 0 Å². The normalized spacial score (nSPS) is 14.1. The molecule has 2 aromatic carbocycles. The molecule has 35 heavy (non-hydrogen) atoms. The Labute approximate surface area is 204 Å². The highest BCUT2D eigenvalue weighted by molar-refractivity contribution is 7.90. The predicted octanol–water partition coefficient (Wildman–Crippen LogP) is 3.79. The number of amides is 3. The number of rotatable bonds is 6. The van der Waals surface area contributed by atoms with Crippen molar-refractivity contribution in [2.45, 2.75) is 24.3 Å². The summed E-state index contributed by atoms with van der Waals surface area (Å²) >= 11 is 1.18. The second kappa shape index (κ2) is 8.75. The van der Waals surface area contributed by atoms with Crippen molar-refractivity contribution in [2.24, 2.45) is 0 Å². The van der Waals surface area contributed by atoms with Gasteiger partial charge in [0.1, 0.15) is 5.76 Å². The van der Waals surface area contributed by atoms with Crippen LogP contribution in [0.1, 0.15) is 29.0 Å². The fraction of sp³-hybridized carbons (Fsp3) is 0.167. The van der Waals surface area contributed by atoms with Crippen LogP contribution in [0.2, 0.25) is 0 Å². The molecular formula is C24H19N3O6S2. The molecule has 1 aliphatic heterocycles. The zero-order chi connectivity index (χ0) is 24.7. The fourth-order valence-corrected chi connectivity index (χ4v) is 5.55. The first-order valence-corrected chi connectivity index (χ1v) is 13.3. The van der Waals surface area contributed by atoms with Gasteiger partial charge in [0.05, 0.1) is 33.6 Å². The summed E-state index contributed by atoms with van der Waals surface area (Å²) in [6, 6.07) is 14.4. The second-order valence-electron chi connectivity index (χ2n) is 8.04. The molecule has 0 atom stereocenters. The smallest absolute Gasteiger partial charge is 0.260 e. The zero-order valence-corrected chi connectivity index (χ0v) is 20.1. The van der Waals surface area contributed by atoms with Crippen molar-refractivity contribution in [3.63, 3.8) is 0 Å². The lowest BCUT2D eigenvalue weighted by atomic mass is 10.1. The van der Waals surface area contributed by atoms with Crippen LogP contribution in [-0.2, 0) is 26.0 Å². The van der Waals surface area contributed by atoms with Crippen LogP contribution in [-0.4, -0.2) is 37.4 Å². The average Bonchev–Trinajstić information content (AvgIpc) is 3.56. The molecule has 1 aliphatic rings. The minimum Gasteiger partial charge on any atom is -0.467 e. The minimum atomic E-state index is -3.40. The third kappa shape index (κ3) is 4.47. The first kappa shape index (κ1) is 22.9. The molecular weight excluding hydrogens is 490 g/mol. The maximum atomic E-state index is 13.7. The van der Waals surface area contributed by atoms with Gasteiger partial charge in [-0.2, -0.15) is 0 Å². The van der Waals surface area contributed by atoms with E-state index >= 15 is 0 Å². The molecule has 2 aromatic heterocycles. The number of hydrogen-bond donors (Lipinski definition) is 0. The van der Waals surface area contributed by atoms with Crippen LogP contribution in [0, 0.1) is 0 Å². The van der Waals surface area contributed by atoms with Crippen molar-refractivity contribution < 1.29 is 27.2 Å². The first-order valence-electron chi connectivity index (χ1n) is 10.6. The maximum Gasteiger partial charge on any atom is 0.260 e. The molecule has 0 N–H and O–H groups in total. The summed E-state index contributed by atoms with van der Waals surface area (Å²) in [5.41, 5.74) is 1.15. The van der Waals surface area contributed by atoms with Gasteiger partial charge >= 0.3 is 0 Å². The Morgan fingerprint density at radius 2 is 1.86 bits per heavy atom.